The van der Waals surface area contributed by atoms with Crippen molar-refractivity contribution >= 4 is 5.91 Å². The zero-order valence-electron chi connectivity index (χ0n) is 19.3. The molecular weight excluding hydrogens is 415 g/mol. The molecule has 1 aliphatic heterocycles. The highest BCUT2D eigenvalue weighted by Gasteiger charge is 2.31. The number of aryl methyl sites for hydroxylation is 2. The van der Waals surface area contributed by atoms with E-state index in [2.05, 4.69) is 19.1 Å². The van der Waals surface area contributed by atoms with Crippen molar-refractivity contribution in [2.24, 2.45) is 0 Å². The number of hydrogen-bond acceptors (Lipinski definition) is 3. The van der Waals surface area contributed by atoms with Gasteiger partial charge in [0.15, 0.2) is 0 Å². The first kappa shape index (κ1) is 21.8. The summed E-state index contributed by atoms with van der Waals surface area (Å²) in [6.45, 7) is 4.28. The third-order valence-electron chi connectivity index (χ3n) is 7.02. The number of carbonyl (C=O) groups is 1. The second-order valence-electron chi connectivity index (χ2n) is 9.28. The summed E-state index contributed by atoms with van der Waals surface area (Å²) in [6, 6.07) is 10.8. The molecule has 1 atom stereocenters. The highest BCUT2D eigenvalue weighted by molar-refractivity contribution is 5.94. The monoisotopic (exact) mass is 446 g/mol. The Morgan fingerprint density at radius 3 is 2.61 bits per heavy atom. The summed E-state index contributed by atoms with van der Waals surface area (Å²) < 4.78 is 15.1. The summed E-state index contributed by atoms with van der Waals surface area (Å²) in [5.41, 5.74) is 6.33. The van der Waals surface area contributed by atoms with E-state index >= 15 is 0 Å². The van der Waals surface area contributed by atoms with Crippen molar-refractivity contribution in [3.05, 3.63) is 82.2 Å². The molecule has 2 aliphatic rings. The topological polar surface area (TPSA) is 51.0 Å². The second kappa shape index (κ2) is 9.46. The molecule has 172 valence electrons. The zero-order chi connectivity index (χ0) is 22.8. The molecule has 0 saturated carbocycles. The third kappa shape index (κ3) is 4.56. The lowest BCUT2D eigenvalue weighted by molar-refractivity contribution is 0.0692. The van der Waals surface area contributed by atoms with Crippen LogP contribution in [0.2, 0.25) is 0 Å². The molecule has 1 aliphatic carbocycles. The van der Waals surface area contributed by atoms with Crippen LogP contribution in [0.25, 0.3) is 0 Å². The van der Waals surface area contributed by atoms with Crippen molar-refractivity contribution < 1.29 is 9.18 Å². The Morgan fingerprint density at radius 1 is 1.06 bits per heavy atom. The number of amides is 1. The second-order valence-corrected chi connectivity index (χ2v) is 9.28. The van der Waals surface area contributed by atoms with Gasteiger partial charge in [0.1, 0.15) is 11.5 Å². The van der Waals surface area contributed by atoms with Crippen LogP contribution in [0.4, 0.5) is 4.39 Å². The molecule has 0 spiro atoms. The number of rotatable bonds is 5. The zero-order valence-corrected chi connectivity index (χ0v) is 19.3. The number of hydrogen-bond donors (Lipinski definition) is 0. The van der Waals surface area contributed by atoms with E-state index in [9.17, 15) is 9.18 Å². The summed E-state index contributed by atoms with van der Waals surface area (Å²) >= 11 is 0. The van der Waals surface area contributed by atoms with E-state index in [1.807, 2.05) is 27.9 Å². The van der Waals surface area contributed by atoms with Gasteiger partial charge in [0.25, 0.3) is 5.91 Å². The summed E-state index contributed by atoms with van der Waals surface area (Å²) in [6.07, 6.45) is 8.92. The van der Waals surface area contributed by atoms with Crippen molar-refractivity contribution in [3.63, 3.8) is 0 Å². The molecule has 5 rings (SSSR count). The van der Waals surface area contributed by atoms with Crippen LogP contribution in [0.15, 0.2) is 42.6 Å². The molecule has 0 bridgehead atoms. The highest BCUT2D eigenvalue weighted by Crippen LogP contribution is 2.30. The van der Waals surface area contributed by atoms with E-state index in [1.165, 1.54) is 17.7 Å². The Balaban J connectivity index is 1.29. The number of halogens is 1. The number of fused-ring (bicyclic) bond motifs is 1. The first-order chi connectivity index (χ1) is 16.1. The van der Waals surface area contributed by atoms with Crippen LogP contribution >= 0.6 is 0 Å². The van der Waals surface area contributed by atoms with Crippen molar-refractivity contribution in [1.29, 1.82) is 0 Å². The molecule has 1 amide bonds. The van der Waals surface area contributed by atoms with Crippen LogP contribution in [-0.4, -0.2) is 38.7 Å². The van der Waals surface area contributed by atoms with Crippen LogP contribution in [-0.2, 0) is 25.8 Å². The average Bonchev–Trinajstić information content (AvgIpc) is 3.24. The van der Waals surface area contributed by atoms with E-state index in [-0.39, 0.29) is 17.6 Å². The standard InChI is InChI=1S/C27H31FN4O/c1-2-32-26(23-7-3-4-8-25(23)30-32)27(33)31-15-5-6-21(18-31)24-14-11-20(17-29-24)16-19-9-12-22(28)13-10-19/h9-14,17,21H,2-8,15-16,18H2,1H3/t21-/m1/s1. The fraction of sp³-hybridized carbons (Fsp3) is 0.444. The van der Waals surface area contributed by atoms with Crippen LogP contribution < -0.4 is 0 Å². The molecule has 2 aromatic heterocycles. The summed E-state index contributed by atoms with van der Waals surface area (Å²) in [4.78, 5) is 20.3. The van der Waals surface area contributed by atoms with Crippen LogP contribution in [0, 0.1) is 5.82 Å². The Bertz CT molecular complexity index is 1120. The van der Waals surface area contributed by atoms with Gasteiger partial charge in [-0.3, -0.25) is 14.5 Å². The number of likely N-dealkylation sites (tertiary alicyclic amines) is 1. The predicted octanol–water partition coefficient (Wildman–Crippen LogP) is 4.93. The van der Waals surface area contributed by atoms with E-state index in [1.54, 1.807) is 0 Å². The fourth-order valence-electron chi connectivity index (χ4n) is 5.25. The Labute approximate surface area is 194 Å². The molecule has 1 fully saturated rings. The fourth-order valence-corrected chi connectivity index (χ4v) is 5.25. The van der Waals surface area contributed by atoms with E-state index in [0.717, 1.165) is 86.2 Å². The summed E-state index contributed by atoms with van der Waals surface area (Å²) in [5.74, 6) is 0.160. The minimum Gasteiger partial charge on any atom is -0.337 e. The van der Waals surface area contributed by atoms with E-state index in [4.69, 9.17) is 10.1 Å². The lowest BCUT2D eigenvalue weighted by atomic mass is 9.92. The quantitative estimate of drug-likeness (QED) is 0.559. The molecule has 3 heterocycles. The maximum atomic E-state index is 13.6. The number of nitrogens with zero attached hydrogens (tertiary/aromatic N) is 4. The molecule has 0 unspecified atom stereocenters. The molecule has 1 aromatic carbocycles. The van der Waals surface area contributed by atoms with Gasteiger partial charge in [0.05, 0.1) is 5.69 Å². The van der Waals surface area contributed by atoms with Gasteiger partial charge in [-0.2, -0.15) is 5.10 Å². The highest BCUT2D eigenvalue weighted by atomic mass is 19.1. The third-order valence-corrected chi connectivity index (χ3v) is 7.02. The van der Waals surface area contributed by atoms with E-state index < -0.39 is 0 Å². The van der Waals surface area contributed by atoms with Crippen molar-refractivity contribution in [3.8, 4) is 0 Å². The molecule has 0 radical (unpaired) electrons. The molecule has 5 nitrogen and oxygen atoms in total. The predicted molar refractivity (Wildman–Crippen MR) is 126 cm³/mol. The molecule has 1 saturated heterocycles. The van der Waals surface area contributed by atoms with Gasteiger partial charge in [-0.15, -0.1) is 0 Å². The van der Waals surface area contributed by atoms with Crippen LogP contribution in [0.5, 0.6) is 0 Å². The summed E-state index contributed by atoms with van der Waals surface area (Å²) in [7, 11) is 0. The number of piperidine rings is 1. The van der Waals surface area contributed by atoms with Crippen LogP contribution in [0.3, 0.4) is 0 Å². The lowest BCUT2D eigenvalue weighted by Gasteiger charge is -2.33. The normalized spacial score (nSPS) is 18.2. The molecular formula is C27H31FN4O. The Morgan fingerprint density at radius 2 is 1.85 bits per heavy atom. The lowest BCUT2D eigenvalue weighted by Crippen LogP contribution is -2.40. The van der Waals surface area contributed by atoms with Gasteiger partial charge in [0, 0.05) is 43.0 Å². The minimum atomic E-state index is -0.217. The van der Waals surface area contributed by atoms with Gasteiger partial charge in [-0.1, -0.05) is 18.2 Å². The van der Waals surface area contributed by atoms with Gasteiger partial charge >= 0.3 is 0 Å². The molecule has 3 aromatic rings. The van der Waals surface area contributed by atoms with Gasteiger partial charge in [-0.25, -0.2) is 4.39 Å². The number of benzene rings is 1. The number of pyridine rings is 1. The number of carbonyl (C=O) groups excluding carboxylic acids is 1. The average molecular weight is 447 g/mol. The van der Waals surface area contributed by atoms with E-state index in [0.29, 0.717) is 6.54 Å². The smallest absolute Gasteiger partial charge is 0.272 e. The van der Waals surface area contributed by atoms with Gasteiger partial charge in [-0.05, 0) is 81.2 Å². The largest absolute Gasteiger partial charge is 0.337 e. The molecule has 6 heteroatoms. The maximum absolute atomic E-state index is 13.6. The van der Waals surface area contributed by atoms with Crippen molar-refractivity contribution in [1.82, 2.24) is 19.7 Å². The first-order valence-electron chi connectivity index (χ1n) is 12.2. The maximum Gasteiger partial charge on any atom is 0.272 e. The number of aromatic nitrogens is 3. The van der Waals surface area contributed by atoms with Crippen LogP contribution in [0.1, 0.15) is 77.1 Å². The van der Waals surface area contributed by atoms with Crippen molar-refractivity contribution in [2.75, 3.05) is 13.1 Å². The summed E-state index contributed by atoms with van der Waals surface area (Å²) in [5, 5.41) is 4.75. The Kier molecular flexibility index (Phi) is 6.25. The van der Waals surface area contributed by atoms with Gasteiger partial charge in [0.2, 0.25) is 0 Å². The SMILES string of the molecule is CCn1nc2c(c1C(=O)N1CCC[C@@H](c3ccc(Cc4ccc(F)cc4)cn3)C1)CCCC2. The molecule has 33 heavy (non-hydrogen) atoms. The first-order valence-corrected chi connectivity index (χ1v) is 12.2. The Hall–Kier alpha value is -3.02. The minimum absolute atomic E-state index is 0.130. The van der Waals surface area contributed by atoms with Gasteiger partial charge < -0.3 is 4.90 Å². The molecule has 0 N–H and O–H groups in total. The van der Waals surface area contributed by atoms with Crippen molar-refractivity contribution in [2.45, 2.75) is 64.3 Å².